The van der Waals surface area contributed by atoms with E-state index in [1.165, 1.54) is 0 Å². The maximum absolute atomic E-state index is 13.1. The van der Waals surface area contributed by atoms with Gasteiger partial charge in [0, 0.05) is 30.8 Å². The number of carbonyl (C=O) groups excluding carboxylic acids is 1. The highest BCUT2D eigenvalue weighted by Gasteiger charge is 2.28. The number of H-pyrrole nitrogens is 1. The lowest BCUT2D eigenvalue weighted by Crippen LogP contribution is -2.39. The summed E-state index contributed by atoms with van der Waals surface area (Å²) in [5.74, 6) is 2.11. The number of piperidine rings is 1. The number of aromatic nitrogens is 3. The van der Waals surface area contributed by atoms with Gasteiger partial charge < -0.3 is 19.4 Å². The van der Waals surface area contributed by atoms with Crippen LogP contribution in [0.1, 0.15) is 23.2 Å². The largest absolute Gasteiger partial charge is 0.493 e. The van der Waals surface area contributed by atoms with Gasteiger partial charge in [-0.05, 0) is 37.1 Å². The normalized spacial score (nSPS) is 17.1. The zero-order chi connectivity index (χ0) is 18.8. The van der Waals surface area contributed by atoms with Gasteiger partial charge in [0.2, 0.25) is 0 Å². The fourth-order valence-electron chi connectivity index (χ4n) is 3.72. The predicted octanol–water partition coefficient (Wildman–Crippen LogP) is 3.07. The minimum Gasteiger partial charge on any atom is -0.493 e. The Morgan fingerprint density at radius 3 is 2.85 bits per heavy atom. The molecule has 0 bridgehead atoms. The third-order valence-electron chi connectivity index (χ3n) is 5.09. The number of nitrogens with one attached hydrogen (secondary N) is 1. The summed E-state index contributed by atoms with van der Waals surface area (Å²) >= 11 is 0. The summed E-state index contributed by atoms with van der Waals surface area (Å²) in [6.45, 7) is 1.53. The molecule has 1 aliphatic rings. The summed E-state index contributed by atoms with van der Waals surface area (Å²) in [6.07, 6.45) is 5.23. The fraction of sp³-hybridized carbons (Fsp3) is 0.350. The maximum atomic E-state index is 13.1. The van der Waals surface area contributed by atoms with Crippen molar-refractivity contribution in [2.75, 3.05) is 32.2 Å². The van der Waals surface area contributed by atoms with Crippen LogP contribution in [0.15, 0.2) is 36.8 Å². The van der Waals surface area contributed by atoms with Crippen LogP contribution >= 0.6 is 0 Å². The number of anilines is 1. The molecule has 0 amide bonds. The third kappa shape index (κ3) is 3.20. The Balaban J connectivity index is 1.58. The number of hydrogen-bond acceptors (Lipinski definition) is 6. The lowest BCUT2D eigenvalue weighted by molar-refractivity contribution is 0.0906. The number of Topliss-reactive ketones (excluding diaryl/α,β-unsaturated/α-hetero) is 1. The van der Waals surface area contributed by atoms with Crippen molar-refractivity contribution in [2.45, 2.75) is 12.8 Å². The van der Waals surface area contributed by atoms with Crippen LogP contribution in [0.4, 0.5) is 5.82 Å². The average Bonchev–Trinajstić information content (AvgIpc) is 3.21. The molecule has 3 aromatic rings. The molecule has 0 saturated carbocycles. The second-order valence-corrected chi connectivity index (χ2v) is 6.66. The molecule has 1 aromatic carbocycles. The van der Waals surface area contributed by atoms with Crippen molar-refractivity contribution < 1.29 is 14.3 Å². The molecule has 2 aromatic heterocycles. The van der Waals surface area contributed by atoms with Crippen molar-refractivity contribution in [2.24, 2.45) is 5.92 Å². The van der Waals surface area contributed by atoms with Gasteiger partial charge >= 0.3 is 0 Å². The molecule has 1 saturated heterocycles. The number of benzene rings is 1. The third-order valence-corrected chi connectivity index (χ3v) is 5.09. The number of ether oxygens (including phenoxy) is 2. The van der Waals surface area contributed by atoms with E-state index in [2.05, 4.69) is 19.9 Å². The van der Waals surface area contributed by atoms with Gasteiger partial charge in [-0.3, -0.25) is 4.79 Å². The zero-order valence-corrected chi connectivity index (χ0v) is 15.4. The standard InChI is InChI=1S/C20H22N4O3/c1-26-16-6-5-13(10-17(16)27-2)18(25)14-4-3-9-24(11-14)20-15-7-8-21-19(15)22-12-23-20/h5-8,10,12,14H,3-4,9,11H2,1-2H3,(H,21,22,23)/t14-/m1/s1. The molecule has 1 atom stereocenters. The number of methoxy groups -OCH3 is 2. The molecule has 7 nitrogen and oxygen atoms in total. The molecule has 140 valence electrons. The molecule has 0 aliphatic carbocycles. The first-order valence-electron chi connectivity index (χ1n) is 9.00. The highest BCUT2D eigenvalue weighted by atomic mass is 16.5. The Labute approximate surface area is 157 Å². The number of carbonyl (C=O) groups is 1. The zero-order valence-electron chi connectivity index (χ0n) is 15.4. The number of fused-ring (bicyclic) bond motifs is 1. The molecular weight excluding hydrogens is 344 g/mol. The van der Waals surface area contributed by atoms with Crippen LogP contribution in [-0.4, -0.2) is 48.0 Å². The number of aromatic amines is 1. The van der Waals surface area contributed by atoms with Gasteiger partial charge in [-0.25, -0.2) is 9.97 Å². The van der Waals surface area contributed by atoms with Gasteiger partial charge in [0.05, 0.1) is 19.6 Å². The lowest BCUT2D eigenvalue weighted by Gasteiger charge is -2.33. The van der Waals surface area contributed by atoms with Crippen LogP contribution in [-0.2, 0) is 0 Å². The summed E-state index contributed by atoms with van der Waals surface area (Å²) in [5, 5.41) is 0.983. The van der Waals surface area contributed by atoms with E-state index in [0.29, 0.717) is 23.6 Å². The van der Waals surface area contributed by atoms with E-state index >= 15 is 0 Å². The number of hydrogen-bond donors (Lipinski definition) is 1. The summed E-state index contributed by atoms with van der Waals surface area (Å²) in [4.78, 5) is 27.1. The van der Waals surface area contributed by atoms with Crippen LogP contribution in [0.3, 0.4) is 0 Å². The SMILES string of the molecule is COc1ccc(C(=O)[C@@H]2CCCN(c3ncnc4[nH]ccc34)C2)cc1OC. The van der Waals surface area contributed by atoms with Crippen LogP contribution in [0.25, 0.3) is 11.0 Å². The molecule has 0 unspecified atom stereocenters. The second kappa shape index (κ2) is 7.26. The Bertz CT molecular complexity index is 969. The molecule has 3 heterocycles. The van der Waals surface area contributed by atoms with E-state index in [4.69, 9.17) is 9.47 Å². The quantitative estimate of drug-likeness (QED) is 0.699. The summed E-state index contributed by atoms with van der Waals surface area (Å²) in [5.41, 5.74) is 1.46. The van der Waals surface area contributed by atoms with Gasteiger partial charge in [-0.2, -0.15) is 0 Å². The van der Waals surface area contributed by atoms with Crippen molar-refractivity contribution in [1.82, 2.24) is 15.0 Å². The number of ketones is 1. The fourth-order valence-corrected chi connectivity index (χ4v) is 3.72. The Hall–Kier alpha value is -3.09. The molecular formula is C20H22N4O3. The van der Waals surface area contributed by atoms with E-state index in [9.17, 15) is 4.79 Å². The molecule has 7 heteroatoms. The van der Waals surface area contributed by atoms with Gasteiger partial charge in [0.25, 0.3) is 0 Å². The van der Waals surface area contributed by atoms with Crippen LogP contribution in [0.2, 0.25) is 0 Å². The minimum atomic E-state index is -0.0826. The van der Waals surface area contributed by atoms with Gasteiger partial charge in [0.1, 0.15) is 17.8 Å². The van der Waals surface area contributed by atoms with Crippen molar-refractivity contribution in [3.05, 3.63) is 42.4 Å². The first kappa shape index (κ1) is 17.3. The van der Waals surface area contributed by atoms with E-state index in [1.807, 2.05) is 12.3 Å². The average molecular weight is 366 g/mol. The van der Waals surface area contributed by atoms with Gasteiger partial charge in [-0.15, -0.1) is 0 Å². The van der Waals surface area contributed by atoms with E-state index in [-0.39, 0.29) is 11.7 Å². The van der Waals surface area contributed by atoms with Crippen molar-refractivity contribution in [3.63, 3.8) is 0 Å². The highest BCUT2D eigenvalue weighted by molar-refractivity contribution is 5.99. The van der Waals surface area contributed by atoms with E-state index in [0.717, 1.165) is 36.2 Å². The number of nitrogens with zero attached hydrogens (tertiary/aromatic N) is 3. The van der Waals surface area contributed by atoms with E-state index in [1.54, 1.807) is 38.7 Å². The Morgan fingerprint density at radius 2 is 2.04 bits per heavy atom. The highest BCUT2D eigenvalue weighted by Crippen LogP contribution is 2.31. The smallest absolute Gasteiger partial charge is 0.167 e. The summed E-state index contributed by atoms with van der Waals surface area (Å²) < 4.78 is 10.6. The van der Waals surface area contributed by atoms with Gasteiger partial charge in [-0.1, -0.05) is 0 Å². The van der Waals surface area contributed by atoms with Crippen LogP contribution in [0.5, 0.6) is 11.5 Å². The predicted molar refractivity (Wildman–Crippen MR) is 103 cm³/mol. The molecule has 1 N–H and O–H groups in total. The molecule has 4 rings (SSSR count). The minimum absolute atomic E-state index is 0.0826. The molecule has 0 radical (unpaired) electrons. The van der Waals surface area contributed by atoms with Crippen molar-refractivity contribution in [1.29, 1.82) is 0 Å². The Morgan fingerprint density at radius 1 is 1.19 bits per heavy atom. The first-order chi connectivity index (χ1) is 13.2. The molecule has 1 aliphatic heterocycles. The first-order valence-corrected chi connectivity index (χ1v) is 9.00. The molecule has 1 fully saturated rings. The monoisotopic (exact) mass is 366 g/mol. The Kier molecular flexibility index (Phi) is 4.66. The summed E-state index contributed by atoms with van der Waals surface area (Å²) in [7, 11) is 3.16. The second-order valence-electron chi connectivity index (χ2n) is 6.66. The molecule has 0 spiro atoms. The van der Waals surface area contributed by atoms with E-state index < -0.39 is 0 Å². The van der Waals surface area contributed by atoms with Crippen LogP contribution in [0, 0.1) is 5.92 Å². The lowest BCUT2D eigenvalue weighted by atomic mass is 9.89. The molecule has 27 heavy (non-hydrogen) atoms. The van der Waals surface area contributed by atoms with Crippen molar-refractivity contribution >= 4 is 22.6 Å². The van der Waals surface area contributed by atoms with Crippen molar-refractivity contribution in [3.8, 4) is 11.5 Å². The number of rotatable bonds is 5. The maximum Gasteiger partial charge on any atom is 0.167 e. The van der Waals surface area contributed by atoms with Crippen LogP contribution < -0.4 is 14.4 Å². The van der Waals surface area contributed by atoms with Gasteiger partial charge in [0.15, 0.2) is 17.3 Å². The summed E-state index contributed by atoms with van der Waals surface area (Å²) in [6, 6.07) is 7.32. The topological polar surface area (TPSA) is 80.3 Å².